The van der Waals surface area contributed by atoms with Gasteiger partial charge >= 0.3 is 0 Å². The Bertz CT molecular complexity index is 587. The molecule has 20 heavy (non-hydrogen) atoms. The summed E-state index contributed by atoms with van der Waals surface area (Å²) in [6.07, 6.45) is 2.98. The normalized spacial score (nSPS) is 11.4. The van der Waals surface area contributed by atoms with Crippen LogP contribution >= 0.6 is 11.6 Å². The maximum absolute atomic E-state index is 12.2. The molecule has 0 saturated heterocycles. The minimum Gasteiger partial charge on any atom is -0.342 e. The van der Waals surface area contributed by atoms with Crippen molar-refractivity contribution < 1.29 is 13.2 Å². The molecule has 1 aromatic rings. The van der Waals surface area contributed by atoms with E-state index in [0.29, 0.717) is 6.54 Å². The highest BCUT2D eigenvalue weighted by Gasteiger charge is 2.18. The summed E-state index contributed by atoms with van der Waals surface area (Å²) in [6.45, 7) is 2.68. The van der Waals surface area contributed by atoms with E-state index in [0.717, 1.165) is 19.3 Å². The van der Waals surface area contributed by atoms with Crippen LogP contribution in [-0.2, 0) is 10.0 Å². The summed E-state index contributed by atoms with van der Waals surface area (Å²) in [5.41, 5.74) is 0.150. The number of primary sulfonamides is 1. The summed E-state index contributed by atoms with van der Waals surface area (Å²) < 4.78 is 22.6. The van der Waals surface area contributed by atoms with Crippen LogP contribution in [-0.4, -0.2) is 32.8 Å². The lowest BCUT2D eigenvalue weighted by Crippen LogP contribution is -2.28. The summed E-state index contributed by atoms with van der Waals surface area (Å²) in [4.78, 5) is 13.7. The Kier molecular flexibility index (Phi) is 5.98. The molecule has 7 heteroatoms. The highest BCUT2D eigenvalue weighted by atomic mass is 35.5. The number of carbonyl (C=O) groups is 1. The first-order valence-electron chi connectivity index (χ1n) is 6.35. The highest BCUT2D eigenvalue weighted by molar-refractivity contribution is 7.89. The smallest absolute Gasteiger partial charge is 0.255 e. The van der Waals surface area contributed by atoms with Gasteiger partial charge in [0.1, 0.15) is 0 Å². The first-order chi connectivity index (χ1) is 9.27. The van der Waals surface area contributed by atoms with Gasteiger partial charge in [0, 0.05) is 13.6 Å². The number of nitrogens with zero attached hydrogens (tertiary/aromatic N) is 1. The zero-order chi connectivity index (χ0) is 15.3. The molecule has 0 aliphatic rings. The van der Waals surface area contributed by atoms with Crippen LogP contribution in [0.4, 0.5) is 0 Å². The molecule has 1 aromatic carbocycles. The van der Waals surface area contributed by atoms with E-state index in [-0.39, 0.29) is 21.4 Å². The molecule has 0 heterocycles. The van der Waals surface area contributed by atoms with Gasteiger partial charge < -0.3 is 4.90 Å². The molecule has 0 aliphatic carbocycles. The van der Waals surface area contributed by atoms with Gasteiger partial charge in [-0.1, -0.05) is 31.4 Å². The SMILES string of the molecule is CCCCCN(C)C(=O)c1cc(S(N)(=O)=O)ccc1Cl. The van der Waals surface area contributed by atoms with Crippen LogP contribution in [0, 0.1) is 0 Å². The molecule has 0 saturated carbocycles. The second-order valence-corrected chi connectivity index (χ2v) is 6.59. The van der Waals surface area contributed by atoms with Crippen LogP contribution in [0.15, 0.2) is 23.1 Å². The monoisotopic (exact) mass is 318 g/mol. The first kappa shape index (κ1) is 16.9. The van der Waals surface area contributed by atoms with Gasteiger partial charge in [-0.05, 0) is 24.6 Å². The molecule has 0 radical (unpaired) electrons. The molecule has 0 fully saturated rings. The number of nitrogens with two attached hydrogens (primary N) is 1. The molecular weight excluding hydrogens is 300 g/mol. The van der Waals surface area contributed by atoms with Crippen molar-refractivity contribution in [3.05, 3.63) is 28.8 Å². The number of amides is 1. The maximum atomic E-state index is 12.2. The van der Waals surface area contributed by atoms with Crippen molar-refractivity contribution in [1.82, 2.24) is 4.90 Å². The van der Waals surface area contributed by atoms with Crippen molar-refractivity contribution >= 4 is 27.5 Å². The van der Waals surface area contributed by atoms with Crippen molar-refractivity contribution in [3.63, 3.8) is 0 Å². The molecule has 0 bridgehead atoms. The maximum Gasteiger partial charge on any atom is 0.255 e. The Hall–Kier alpha value is -1.11. The number of benzene rings is 1. The molecule has 0 aliphatic heterocycles. The number of hydrogen-bond acceptors (Lipinski definition) is 3. The Morgan fingerprint density at radius 1 is 1.35 bits per heavy atom. The van der Waals surface area contributed by atoms with Crippen molar-refractivity contribution in [3.8, 4) is 0 Å². The number of unbranched alkanes of at least 4 members (excludes halogenated alkanes) is 2. The predicted octanol–water partition coefficient (Wildman–Crippen LogP) is 2.25. The summed E-state index contributed by atoms with van der Waals surface area (Å²) >= 11 is 5.96. The molecule has 1 amide bonds. The van der Waals surface area contributed by atoms with Crippen LogP contribution in [0.1, 0.15) is 36.5 Å². The molecule has 2 N–H and O–H groups in total. The second kappa shape index (κ2) is 7.06. The lowest BCUT2D eigenvalue weighted by Gasteiger charge is -2.18. The van der Waals surface area contributed by atoms with Gasteiger partial charge in [-0.3, -0.25) is 4.79 Å². The molecular formula is C13H19ClN2O3S. The summed E-state index contributed by atoms with van der Waals surface area (Å²) in [7, 11) is -2.19. The molecule has 5 nitrogen and oxygen atoms in total. The third-order valence-electron chi connectivity index (χ3n) is 2.94. The zero-order valence-corrected chi connectivity index (χ0v) is 13.2. The van der Waals surface area contributed by atoms with Crippen molar-refractivity contribution in [1.29, 1.82) is 0 Å². The van der Waals surface area contributed by atoms with E-state index >= 15 is 0 Å². The van der Waals surface area contributed by atoms with E-state index in [1.165, 1.54) is 23.1 Å². The van der Waals surface area contributed by atoms with E-state index in [9.17, 15) is 13.2 Å². The number of hydrogen-bond donors (Lipinski definition) is 1. The topological polar surface area (TPSA) is 80.5 Å². The summed E-state index contributed by atoms with van der Waals surface area (Å²) in [5, 5.41) is 5.27. The van der Waals surface area contributed by atoms with Crippen LogP contribution in [0.2, 0.25) is 5.02 Å². The van der Waals surface area contributed by atoms with Crippen LogP contribution < -0.4 is 5.14 Å². The lowest BCUT2D eigenvalue weighted by molar-refractivity contribution is 0.0792. The van der Waals surface area contributed by atoms with E-state index < -0.39 is 10.0 Å². The van der Waals surface area contributed by atoms with Crippen LogP contribution in [0.5, 0.6) is 0 Å². The van der Waals surface area contributed by atoms with Crippen LogP contribution in [0.25, 0.3) is 0 Å². The van der Waals surface area contributed by atoms with Gasteiger partial charge in [0.05, 0.1) is 15.5 Å². The third-order valence-corrected chi connectivity index (χ3v) is 4.18. The highest BCUT2D eigenvalue weighted by Crippen LogP contribution is 2.21. The van der Waals surface area contributed by atoms with E-state index in [4.69, 9.17) is 16.7 Å². The van der Waals surface area contributed by atoms with Crippen molar-refractivity contribution in [2.75, 3.05) is 13.6 Å². The Morgan fingerprint density at radius 3 is 2.55 bits per heavy atom. The Morgan fingerprint density at radius 2 is 2.00 bits per heavy atom. The Labute approximate surface area is 124 Å². The number of rotatable bonds is 6. The second-order valence-electron chi connectivity index (χ2n) is 4.62. The minimum atomic E-state index is -3.85. The summed E-state index contributed by atoms with van der Waals surface area (Å²) in [6, 6.07) is 3.87. The zero-order valence-electron chi connectivity index (χ0n) is 11.6. The number of sulfonamides is 1. The van der Waals surface area contributed by atoms with Gasteiger partial charge in [0.2, 0.25) is 10.0 Å². The Balaban J connectivity index is 2.97. The first-order valence-corrected chi connectivity index (χ1v) is 8.27. The van der Waals surface area contributed by atoms with Crippen molar-refractivity contribution in [2.45, 2.75) is 31.1 Å². The molecule has 112 valence electrons. The van der Waals surface area contributed by atoms with Gasteiger partial charge in [0.15, 0.2) is 0 Å². The van der Waals surface area contributed by atoms with Gasteiger partial charge in [-0.25, -0.2) is 13.6 Å². The average Bonchev–Trinajstić information content (AvgIpc) is 2.37. The number of halogens is 1. The van der Waals surface area contributed by atoms with Crippen LogP contribution in [0.3, 0.4) is 0 Å². The van der Waals surface area contributed by atoms with Crippen molar-refractivity contribution in [2.24, 2.45) is 5.14 Å². The minimum absolute atomic E-state index is 0.118. The van der Waals surface area contributed by atoms with E-state index in [1.54, 1.807) is 7.05 Å². The largest absolute Gasteiger partial charge is 0.342 e. The fraction of sp³-hybridized carbons (Fsp3) is 0.462. The van der Waals surface area contributed by atoms with Gasteiger partial charge in [0.25, 0.3) is 5.91 Å². The molecule has 0 spiro atoms. The molecule has 0 unspecified atom stereocenters. The molecule has 0 aromatic heterocycles. The quantitative estimate of drug-likeness (QED) is 0.817. The van der Waals surface area contributed by atoms with E-state index in [1.807, 2.05) is 0 Å². The third kappa shape index (κ3) is 4.47. The standard InChI is InChI=1S/C13H19ClN2O3S/c1-3-4-5-8-16(2)13(17)11-9-10(20(15,18)19)6-7-12(11)14/h6-7,9H,3-5,8H2,1-2H3,(H2,15,18,19). The predicted molar refractivity (Wildman–Crippen MR) is 79.3 cm³/mol. The van der Waals surface area contributed by atoms with E-state index in [2.05, 4.69) is 6.92 Å². The molecule has 0 atom stereocenters. The number of carbonyl (C=O) groups excluding carboxylic acids is 1. The fourth-order valence-electron chi connectivity index (χ4n) is 1.75. The van der Waals surface area contributed by atoms with Gasteiger partial charge in [-0.15, -0.1) is 0 Å². The van der Waals surface area contributed by atoms with Gasteiger partial charge in [-0.2, -0.15) is 0 Å². The molecule has 1 rings (SSSR count). The summed E-state index contributed by atoms with van der Waals surface area (Å²) in [5.74, 6) is -0.309. The lowest BCUT2D eigenvalue weighted by atomic mass is 10.2. The average molecular weight is 319 g/mol. The fourth-order valence-corrected chi connectivity index (χ4v) is 2.49.